The van der Waals surface area contributed by atoms with E-state index in [0.29, 0.717) is 24.4 Å². The number of hydrogen-bond acceptors (Lipinski definition) is 6. The largest absolute Gasteiger partial charge is 0.312 e. The third-order valence-corrected chi connectivity index (χ3v) is 6.88. The highest BCUT2D eigenvalue weighted by Crippen LogP contribution is 2.32. The van der Waals surface area contributed by atoms with Crippen LogP contribution in [0.15, 0.2) is 53.4 Å². The Morgan fingerprint density at radius 1 is 1.18 bits per heavy atom. The van der Waals surface area contributed by atoms with Gasteiger partial charge < -0.3 is 4.90 Å². The molecule has 2 heterocycles. The van der Waals surface area contributed by atoms with E-state index in [0.717, 1.165) is 16.8 Å². The van der Waals surface area contributed by atoms with Crippen LogP contribution in [-0.2, 0) is 21.2 Å². The average Bonchev–Trinajstić information content (AvgIpc) is 3.34. The predicted molar refractivity (Wildman–Crippen MR) is 109 cm³/mol. The van der Waals surface area contributed by atoms with E-state index in [1.807, 2.05) is 37.3 Å². The van der Waals surface area contributed by atoms with Crippen LogP contribution in [0.25, 0.3) is 10.6 Å². The van der Waals surface area contributed by atoms with Crippen molar-refractivity contribution in [3.05, 3.63) is 54.1 Å². The van der Waals surface area contributed by atoms with Crippen molar-refractivity contribution in [2.24, 2.45) is 0 Å². The molecule has 3 aromatic rings. The van der Waals surface area contributed by atoms with Gasteiger partial charge in [-0.3, -0.25) is 9.52 Å². The molecule has 1 N–H and O–H groups in total. The summed E-state index contributed by atoms with van der Waals surface area (Å²) in [6, 6.07) is 14.3. The Bertz CT molecular complexity index is 1130. The Balaban J connectivity index is 1.57. The van der Waals surface area contributed by atoms with Crippen molar-refractivity contribution in [3.63, 3.8) is 0 Å². The van der Waals surface area contributed by atoms with Gasteiger partial charge in [0.2, 0.25) is 11.0 Å². The average molecular weight is 415 g/mol. The lowest BCUT2D eigenvalue weighted by molar-refractivity contribution is -0.118. The standard InChI is InChI=1S/C19H18N4O3S2/c1-2-17(24)23-11-10-14-12-15(8-9-16(14)23)28(25,26)22-19-21-20-18(27-19)13-6-4-3-5-7-13/h3-9,12H,2,10-11H2,1H3,(H,21,22). The molecule has 9 heteroatoms. The Hall–Kier alpha value is -2.78. The fraction of sp³-hybridized carbons (Fsp3) is 0.211. The molecule has 0 fully saturated rings. The van der Waals surface area contributed by atoms with E-state index >= 15 is 0 Å². The Morgan fingerprint density at radius 2 is 1.96 bits per heavy atom. The smallest absolute Gasteiger partial charge is 0.263 e. The number of sulfonamides is 1. The zero-order valence-electron chi connectivity index (χ0n) is 15.1. The van der Waals surface area contributed by atoms with Crippen LogP contribution in [-0.4, -0.2) is 31.1 Å². The maximum absolute atomic E-state index is 12.8. The van der Waals surface area contributed by atoms with Crippen LogP contribution in [0.3, 0.4) is 0 Å². The zero-order valence-corrected chi connectivity index (χ0v) is 16.8. The molecule has 1 aromatic heterocycles. The maximum Gasteiger partial charge on any atom is 0.263 e. The van der Waals surface area contributed by atoms with E-state index in [1.54, 1.807) is 17.0 Å². The molecule has 0 radical (unpaired) electrons. The molecule has 0 bridgehead atoms. The predicted octanol–water partition coefficient (Wildman–Crippen LogP) is 3.31. The lowest BCUT2D eigenvalue weighted by Crippen LogP contribution is -2.27. The molecule has 28 heavy (non-hydrogen) atoms. The number of carbonyl (C=O) groups excluding carboxylic acids is 1. The number of aromatic nitrogens is 2. The summed E-state index contributed by atoms with van der Waals surface area (Å²) in [4.78, 5) is 13.9. The van der Waals surface area contributed by atoms with Crippen LogP contribution in [0.5, 0.6) is 0 Å². The summed E-state index contributed by atoms with van der Waals surface area (Å²) < 4.78 is 28.0. The molecule has 0 aliphatic carbocycles. The van der Waals surface area contributed by atoms with Crippen molar-refractivity contribution in [1.29, 1.82) is 0 Å². The van der Waals surface area contributed by atoms with Crippen LogP contribution in [0.1, 0.15) is 18.9 Å². The monoisotopic (exact) mass is 414 g/mol. The number of hydrogen-bond donors (Lipinski definition) is 1. The highest BCUT2D eigenvalue weighted by atomic mass is 32.2. The van der Waals surface area contributed by atoms with Gasteiger partial charge in [-0.05, 0) is 30.2 Å². The highest BCUT2D eigenvalue weighted by molar-refractivity contribution is 7.93. The number of fused-ring (bicyclic) bond motifs is 1. The van der Waals surface area contributed by atoms with Crippen LogP contribution >= 0.6 is 11.3 Å². The summed E-state index contributed by atoms with van der Waals surface area (Å²) >= 11 is 1.17. The normalized spacial score (nSPS) is 13.4. The molecular weight excluding hydrogens is 396 g/mol. The van der Waals surface area contributed by atoms with Gasteiger partial charge >= 0.3 is 0 Å². The lowest BCUT2D eigenvalue weighted by atomic mass is 10.2. The van der Waals surface area contributed by atoms with Crippen molar-refractivity contribution in [2.75, 3.05) is 16.2 Å². The molecular formula is C19H18N4O3S2. The first kappa shape index (κ1) is 18.6. The first-order valence-corrected chi connectivity index (χ1v) is 11.1. The lowest BCUT2D eigenvalue weighted by Gasteiger charge is -2.16. The van der Waals surface area contributed by atoms with Gasteiger partial charge in [-0.25, -0.2) is 8.42 Å². The number of nitrogens with one attached hydrogen (secondary N) is 1. The first-order valence-electron chi connectivity index (χ1n) is 8.83. The van der Waals surface area contributed by atoms with Gasteiger partial charge in [0, 0.05) is 24.2 Å². The van der Waals surface area contributed by atoms with Crippen molar-refractivity contribution >= 4 is 38.1 Å². The van der Waals surface area contributed by atoms with Gasteiger partial charge in [-0.15, -0.1) is 10.2 Å². The van der Waals surface area contributed by atoms with Crippen molar-refractivity contribution in [1.82, 2.24) is 10.2 Å². The number of carbonyl (C=O) groups is 1. The fourth-order valence-electron chi connectivity index (χ4n) is 3.13. The van der Waals surface area contributed by atoms with Crippen molar-refractivity contribution in [3.8, 4) is 10.6 Å². The fourth-order valence-corrected chi connectivity index (χ4v) is 5.16. The van der Waals surface area contributed by atoms with Crippen LogP contribution in [0, 0.1) is 0 Å². The van der Waals surface area contributed by atoms with Crippen LogP contribution in [0.4, 0.5) is 10.8 Å². The number of benzene rings is 2. The Morgan fingerprint density at radius 3 is 2.71 bits per heavy atom. The molecule has 2 aromatic carbocycles. The second-order valence-electron chi connectivity index (χ2n) is 6.32. The maximum atomic E-state index is 12.8. The number of nitrogens with zero attached hydrogens (tertiary/aromatic N) is 3. The molecule has 0 atom stereocenters. The summed E-state index contributed by atoms with van der Waals surface area (Å²) in [6.07, 6.45) is 1.06. The van der Waals surface area contributed by atoms with E-state index < -0.39 is 10.0 Å². The second kappa shape index (κ2) is 7.33. The van der Waals surface area contributed by atoms with Gasteiger partial charge in [0.15, 0.2) is 0 Å². The SMILES string of the molecule is CCC(=O)N1CCc2cc(S(=O)(=O)Nc3nnc(-c4ccccc4)s3)ccc21. The molecule has 7 nitrogen and oxygen atoms in total. The minimum absolute atomic E-state index is 0.0368. The molecule has 1 aliphatic rings. The molecule has 0 unspecified atom stereocenters. The van der Waals surface area contributed by atoms with E-state index in [4.69, 9.17) is 0 Å². The van der Waals surface area contributed by atoms with E-state index in [1.165, 1.54) is 17.4 Å². The first-order chi connectivity index (χ1) is 13.5. The van der Waals surface area contributed by atoms with Gasteiger partial charge in [-0.1, -0.05) is 48.6 Å². The van der Waals surface area contributed by atoms with Gasteiger partial charge in [0.05, 0.1) is 4.90 Å². The van der Waals surface area contributed by atoms with Gasteiger partial charge in [0.25, 0.3) is 10.0 Å². The third kappa shape index (κ3) is 3.50. The molecule has 4 rings (SSSR count). The third-order valence-electron chi connectivity index (χ3n) is 4.53. The van der Waals surface area contributed by atoms with Gasteiger partial charge in [0.1, 0.15) is 5.01 Å². The zero-order chi connectivity index (χ0) is 19.7. The summed E-state index contributed by atoms with van der Waals surface area (Å²) in [5.41, 5.74) is 2.52. The van der Waals surface area contributed by atoms with Crippen molar-refractivity contribution in [2.45, 2.75) is 24.7 Å². The quantitative estimate of drug-likeness (QED) is 0.691. The van der Waals surface area contributed by atoms with Crippen LogP contribution < -0.4 is 9.62 Å². The molecule has 0 saturated heterocycles. The molecule has 144 valence electrons. The van der Waals surface area contributed by atoms with E-state index in [2.05, 4.69) is 14.9 Å². The minimum Gasteiger partial charge on any atom is -0.312 e. The Kier molecular flexibility index (Phi) is 4.86. The summed E-state index contributed by atoms with van der Waals surface area (Å²) in [6.45, 7) is 2.39. The van der Waals surface area contributed by atoms with E-state index in [-0.39, 0.29) is 15.9 Å². The highest BCUT2D eigenvalue weighted by Gasteiger charge is 2.26. The molecule has 1 amide bonds. The summed E-state index contributed by atoms with van der Waals surface area (Å²) in [5.74, 6) is 0.0368. The number of anilines is 2. The number of amides is 1. The summed E-state index contributed by atoms with van der Waals surface area (Å²) in [7, 11) is -3.79. The molecule has 1 aliphatic heterocycles. The van der Waals surface area contributed by atoms with E-state index in [9.17, 15) is 13.2 Å². The molecule has 0 spiro atoms. The molecule has 0 saturated carbocycles. The minimum atomic E-state index is -3.79. The van der Waals surface area contributed by atoms with Crippen LogP contribution in [0.2, 0.25) is 0 Å². The Labute approximate surface area is 167 Å². The van der Waals surface area contributed by atoms with Gasteiger partial charge in [-0.2, -0.15) is 0 Å². The second-order valence-corrected chi connectivity index (χ2v) is 8.98. The summed E-state index contributed by atoms with van der Waals surface area (Å²) in [5, 5.41) is 8.86. The van der Waals surface area contributed by atoms with Crippen molar-refractivity contribution < 1.29 is 13.2 Å². The topological polar surface area (TPSA) is 92.3 Å². The number of rotatable bonds is 5.